The van der Waals surface area contributed by atoms with Crippen LogP contribution in [0.25, 0.3) is 0 Å². The molecule has 0 aromatic carbocycles. The first-order valence-corrected chi connectivity index (χ1v) is 6.94. The van der Waals surface area contributed by atoms with Gasteiger partial charge in [0.2, 0.25) is 0 Å². The van der Waals surface area contributed by atoms with Gasteiger partial charge in [0.1, 0.15) is 0 Å². The molecule has 0 aliphatic heterocycles. The quantitative estimate of drug-likeness (QED) is 0.916. The Labute approximate surface area is 113 Å². The van der Waals surface area contributed by atoms with E-state index < -0.39 is 0 Å². The van der Waals surface area contributed by atoms with Crippen molar-refractivity contribution in [3.05, 3.63) is 16.4 Å². The molecule has 5 heteroatoms. The van der Waals surface area contributed by atoms with Crippen LogP contribution in [-0.4, -0.2) is 21.9 Å². The van der Waals surface area contributed by atoms with Gasteiger partial charge in [0.25, 0.3) is 0 Å². The fourth-order valence-electron chi connectivity index (χ4n) is 2.59. The SMILES string of the molecule is Cc1nn(C)c(COCC2(N)CCCCC2)c1Cl. The van der Waals surface area contributed by atoms with Gasteiger partial charge in [-0.15, -0.1) is 0 Å². The van der Waals surface area contributed by atoms with Gasteiger partial charge in [0.15, 0.2) is 0 Å². The van der Waals surface area contributed by atoms with E-state index >= 15 is 0 Å². The fraction of sp³-hybridized carbons (Fsp3) is 0.769. The molecule has 18 heavy (non-hydrogen) atoms. The molecular formula is C13H22ClN3O. The number of halogens is 1. The summed E-state index contributed by atoms with van der Waals surface area (Å²) in [5.41, 5.74) is 7.95. The summed E-state index contributed by atoms with van der Waals surface area (Å²) in [4.78, 5) is 0. The minimum Gasteiger partial charge on any atom is -0.373 e. The first-order valence-electron chi connectivity index (χ1n) is 6.56. The Morgan fingerprint density at radius 3 is 2.61 bits per heavy atom. The van der Waals surface area contributed by atoms with Crippen LogP contribution in [-0.2, 0) is 18.4 Å². The summed E-state index contributed by atoms with van der Waals surface area (Å²) in [6.45, 7) is 2.99. The summed E-state index contributed by atoms with van der Waals surface area (Å²) in [5, 5.41) is 4.97. The van der Waals surface area contributed by atoms with E-state index in [9.17, 15) is 0 Å². The molecule has 0 radical (unpaired) electrons. The maximum absolute atomic E-state index is 6.32. The Balaban J connectivity index is 1.88. The summed E-state index contributed by atoms with van der Waals surface area (Å²) in [6.07, 6.45) is 5.85. The first-order chi connectivity index (χ1) is 8.52. The standard InChI is InChI=1S/C13H22ClN3O/c1-10-12(14)11(17(2)16-10)8-18-9-13(15)6-4-3-5-7-13/h3-9,15H2,1-2H3. The number of aryl methyl sites for hydroxylation is 2. The monoisotopic (exact) mass is 271 g/mol. The number of hydrogen-bond acceptors (Lipinski definition) is 3. The lowest BCUT2D eigenvalue weighted by molar-refractivity contribution is 0.0543. The van der Waals surface area contributed by atoms with Crippen molar-refractivity contribution < 1.29 is 4.74 Å². The van der Waals surface area contributed by atoms with Gasteiger partial charge in [-0.2, -0.15) is 5.10 Å². The molecule has 0 spiro atoms. The Bertz CT molecular complexity index is 411. The maximum Gasteiger partial charge on any atom is 0.0900 e. The van der Waals surface area contributed by atoms with Gasteiger partial charge in [-0.3, -0.25) is 4.68 Å². The first kappa shape index (κ1) is 13.8. The highest BCUT2D eigenvalue weighted by Gasteiger charge is 2.27. The van der Waals surface area contributed by atoms with Crippen LogP contribution in [0, 0.1) is 6.92 Å². The molecule has 1 saturated carbocycles. The highest BCUT2D eigenvalue weighted by atomic mass is 35.5. The van der Waals surface area contributed by atoms with Crippen molar-refractivity contribution in [2.75, 3.05) is 6.61 Å². The van der Waals surface area contributed by atoms with Crippen molar-refractivity contribution in [2.45, 2.75) is 51.2 Å². The van der Waals surface area contributed by atoms with Gasteiger partial charge < -0.3 is 10.5 Å². The Morgan fingerprint density at radius 2 is 2.06 bits per heavy atom. The second kappa shape index (κ2) is 5.59. The van der Waals surface area contributed by atoms with Gasteiger partial charge >= 0.3 is 0 Å². The molecule has 1 aliphatic carbocycles. The Hall–Kier alpha value is -0.580. The minimum atomic E-state index is -0.141. The Kier molecular flexibility index (Phi) is 4.30. The van der Waals surface area contributed by atoms with Crippen molar-refractivity contribution in [1.82, 2.24) is 9.78 Å². The molecule has 0 saturated heterocycles. The molecule has 4 nitrogen and oxygen atoms in total. The third kappa shape index (κ3) is 3.05. The van der Waals surface area contributed by atoms with Crippen LogP contribution in [0.4, 0.5) is 0 Å². The van der Waals surface area contributed by atoms with Crippen molar-refractivity contribution in [3.63, 3.8) is 0 Å². The number of ether oxygens (including phenoxy) is 1. The second-order valence-electron chi connectivity index (χ2n) is 5.39. The topological polar surface area (TPSA) is 53.1 Å². The van der Waals surface area contributed by atoms with E-state index in [4.69, 9.17) is 22.1 Å². The van der Waals surface area contributed by atoms with Gasteiger partial charge in [-0.05, 0) is 19.8 Å². The van der Waals surface area contributed by atoms with Gasteiger partial charge in [0.05, 0.1) is 29.6 Å². The van der Waals surface area contributed by atoms with E-state index in [2.05, 4.69) is 5.10 Å². The van der Waals surface area contributed by atoms with Gasteiger partial charge in [-0.1, -0.05) is 30.9 Å². The van der Waals surface area contributed by atoms with E-state index in [1.54, 1.807) is 4.68 Å². The minimum absolute atomic E-state index is 0.141. The van der Waals surface area contributed by atoms with Crippen molar-refractivity contribution in [3.8, 4) is 0 Å². The van der Waals surface area contributed by atoms with Crippen molar-refractivity contribution in [2.24, 2.45) is 12.8 Å². The predicted molar refractivity (Wildman–Crippen MR) is 72.6 cm³/mol. The van der Waals surface area contributed by atoms with E-state index in [0.717, 1.165) is 24.2 Å². The zero-order valence-electron chi connectivity index (χ0n) is 11.2. The van der Waals surface area contributed by atoms with Crippen LogP contribution < -0.4 is 5.73 Å². The number of rotatable bonds is 4. The van der Waals surface area contributed by atoms with Crippen LogP contribution in [0.2, 0.25) is 5.02 Å². The zero-order valence-corrected chi connectivity index (χ0v) is 12.0. The molecule has 0 bridgehead atoms. The summed E-state index contributed by atoms with van der Waals surface area (Å²) in [6, 6.07) is 0. The third-order valence-corrected chi connectivity index (χ3v) is 4.23. The largest absolute Gasteiger partial charge is 0.373 e. The molecule has 0 unspecified atom stereocenters. The Morgan fingerprint density at radius 1 is 1.39 bits per heavy atom. The summed E-state index contributed by atoms with van der Waals surface area (Å²) in [7, 11) is 1.89. The normalized spacial score (nSPS) is 19.1. The second-order valence-corrected chi connectivity index (χ2v) is 5.76. The summed E-state index contributed by atoms with van der Waals surface area (Å²) in [5.74, 6) is 0. The molecule has 1 aromatic heterocycles. The van der Waals surface area contributed by atoms with E-state index in [1.807, 2.05) is 14.0 Å². The highest BCUT2D eigenvalue weighted by molar-refractivity contribution is 6.31. The lowest BCUT2D eigenvalue weighted by Gasteiger charge is -2.33. The van der Waals surface area contributed by atoms with Crippen molar-refractivity contribution >= 4 is 11.6 Å². The summed E-state index contributed by atoms with van der Waals surface area (Å²) >= 11 is 6.18. The molecule has 102 valence electrons. The molecule has 1 fully saturated rings. The molecular weight excluding hydrogens is 250 g/mol. The number of nitrogens with zero attached hydrogens (tertiary/aromatic N) is 2. The number of hydrogen-bond donors (Lipinski definition) is 1. The molecule has 0 amide bonds. The number of nitrogens with two attached hydrogens (primary N) is 1. The van der Waals surface area contributed by atoms with Gasteiger partial charge in [-0.25, -0.2) is 0 Å². The van der Waals surface area contributed by atoms with Crippen LogP contribution in [0.1, 0.15) is 43.5 Å². The fourth-order valence-corrected chi connectivity index (χ4v) is 2.80. The van der Waals surface area contributed by atoms with Gasteiger partial charge in [0, 0.05) is 12.6 Å². The van der Waals surface area contributed by atoms with Crippen LogP contribution in [0.3, 0.4) is 0 Å². The predicted octanol–water partition coefficient (Wildman–Crippen LogP) is 2.56. The average Bonchev–Trinajstić information content (AvgIpc) is 2.56. The molecule has 2 rings (SSSR count). The van der Waals surface area contributed by atoms with E-state index in [-0.39, 0.29) is 5.54 Å². The third-order valence-electron chi connectivity index (χ3n) is 3.74. The molecule has 2 N–H and O–H groups in total. The van der Waals surface area contributed by atoms with E-state index in [1.165, 1.54) is 19.3 Å². The van der Waals surface area contributed by atoms with Crippen LogP contribution in [0.15, 0.2) is 0 Å². The molecule has 1 aromatic rings. The summed E-state index contributed by atoms with van der Waals surface area (Å²) < 4.78 is 7.55. The zero-order chi connectivity index (χ0) is 13.2. The smallest absolute Gasteiger partial charge is 0.0900 e. The molecule has 1 aliphatic rings. The van der Waals surface area contributed by atoms with Crippen molar-refractivity contribution in [1.29, 1.82) is 0 Å². The van der Waals surface area contributed by atoms with Crippen LogP contribution in [0.5, 0.6) is 0 Å². The van der Waals surface area contributed by atoms with Crippen LogP contribution >= 0.6 is 11.6 Å². The lowest BCUT2D eigenvalue weighted by Crippen LogP contribution is -2.46. The highest BCUT2D eigenvalue weighted by Crippen LogP contribution is 2.27. The number of aromatic nitrogens is 2. The average molecular weight is 272 g/mol. The maximum atomic E-state index is 6.32. The molecule has 0 atom stereocenters. The van der Waals surface area contributed by atoms with E-state index in [0.29, 0.717) is 18.2 Å². The molecule has 1 heterocycles. The lowest BCUT2D eigenvalue weighted by atomic mass is 9.83.